The Balaban J connectivity index is 2.35. The molecule has 1 N–H and O–H groups in total. The van der Waals surface area contributed by atoms with E-state index in [-0.39, 0.29) is 25.2 Å². The van der Waals surface area contributed by atoms with E-state index in [1.54, 1.807) is 18.0 Å². The van der Waals surface area contributed by atoms with E-state index in [0.29, 0.717) is 23.7 Å². The second kappa shape index (κ2) is 11.8. The fourth-order valence-corrected chi connectivity index (χ4v) is 4.24. The number of rotatable bonds is 12. The van der Waals surface area contributed by atoms with Gasteiger partial charge in [0.15, 0.2) is 17.4 Å². The van der Waals surface area contributed by atoms with Crippen LogP contribution >= 0.6 is 11.6 Å². The lowest BCUT2D eigenvalue weighted by atomic mass is 10.3. The molecule has 2 rings (SSSR count). The molecule has 0 radical (unpaired) electrons. The summed E-state index contributed by atoms with van der Waals surface area (Å²) in [6, 6.07) is 6.88. The number of nitrogens with one attached hydrogen (secondary N) is 1. The molecule has 0 aromatic heterocycles. The molecule has 0 saturated carbocycles. The van der Waals surface area contributed by atoms with E-state index < -0.39 is 44.8 Å². The summed E-state index contributed by atoms with van der Waals surface area (Å²) in [4.78, 5) is 23.4. The Bertz CT molecular complexity index is 1090. The maximum absolute atomic E-state index is 14.6. The Morgan fingerprint density at radius 1 is 1.18 bits per heavy atom. The Labute approximate surface area is 195 Å². The first-order chi connectivity index (χ1) is 15.6. The third kappa shape index (κ3) is 7.32. The van der Waals surface area contributed by atoms with E-state index in [4.69, 9.17) is 16.3 Å². The molecule has 0 spiro atoms. The summed E-state index contributed by atoms with van der Waals surface area (Å²) in [7, 11) is -2.82. The van der Waals surface area contributed by atoms with Gasteiger partial charge in [0.25, 0.3) is 0 Å². The van der Waals surface area contributed by atoms with Crippen LogP contribution in [0.3, 0.4) is 0 Å². The van der Waals surface area contributed by atoms with E-state index in [0.717, 1.165) is 4.31 Å². The van der Waals surface area contributed by atoms with Gasteiger partial charge in [-0.2, -0.15) is 4.31 Å². The predicted octanol–water partition coefficient (Wildman–Crippen LogP) is 2.79. The quantitative estimate of drug-likeness (QED) is 0.355. The third-order valence-corrected chi connectivity index (χ3v) is 6.43. The van der Waals surface area contributed by atoms with Crippen molar-refractivity contribution in [3.63, 3.8) is 0 Å². The second-order valence-electron chi connectivity index (χ2n) is 6.85. The Morgan fingerprint density at radius 3 is 2.33 bits per heavy atom. The number of carbonyl (C=O) groups excluding carboxylic acids is 2. The number of hydrogen-bond donors (Lipinski definition) is 1. The Hall–Kier alpha value is -2.86. The number of benzene rings is 2. The summed E-state index contributed by atoms with van der Waals surface area (Å²) in [5.74, 6) is -4.13. The highest BCUT2D eigenvalue weighted by Crippen LogP contribution is 2.31. The first kappa shape index (κ1) is 26.4. The molecule has 2 aromatic carbocycles. The van der Waals surface area contributed by atoms with Gasteiger partial charge in [0.05, 0.1) is 11.4 Å². The lowest BCUT2D eigenvalue weighted by molar-refractivity contribution is -0.125. The normalized spacial score (nSPS) is 11.5. The summed E-state index contributed by atoms with van der Waals surface area (Å²) in [5, 5.41) is 2.23. The van der Waals surface area contributed by atoms with Gasteiger partial charge in [-0.1, -0.05) is 17.7 Å². The van der Waals surface area contributed by atoms with Crippen molar-refractivity contribution >= 4 is 33.9 Å². The smallest absolute Gasteiger partial charge is 0.243 e. The van der Waals surface area contributed by atoms with E-state index in [1.165, 1.54) is 24.3 Å². The molecule has 0 bridgehead atoms. The van der Waals surface area contributed by atoms with Gasteiger partial charge in [0.1, 0.15) is 5.75 Å². The molecule has 2 amide bonds. The molecule has 0 aliphatic carbocycles. The number of halogens is 3. The number of hydrogen-bond acceptors (Lipinski definition) is 6. The topological polar surface area (TPSA) is 96.0 Å². The van der Waals surface area contributed by atoms with Crippen molar-refractivity contribution in [1.82, 2.24) is 14.5 Å². The van der Waals surface area contributed by atoms with Gasteiger partial charge in [0.2, 0.25) is 22.3 Å². The summed E-state index contributed by atoms with van der Waals surface area (Å²) >= 11 is 5.77. The molecule has 0 aliphatic heterocycles. The first-order valence-corrected chi connectivity index (χ1v) is 11.3. The highest BCUT2D eigenvalue weighted by molar-refractivity contribution is 7.89. The van der Waals surface area contributed by atoms with Crippen molar-refractivity contribution < 1.29 is 31.5 Å². The minimum Gasteiger partial charge on any atom is -0.451 e. The van der Waals surface area contributed by atoms with Crippen LogP contribution in [0.5, 0.6) is 11.5 Å². The fraction of sp³-hybridized carbons (Fsp3) is 0.238. The maximum atomic E-state index is 14.6. The van der Waals surface area contributed by atoms with Gasteiger partial charge in [-0.25, -0.2) is 17.2 Å². The monoisotopic (exact) mass is 501 g/mol. The molecular formula is C21H22ClF2N3O5S. The first-order valence-electron chi connectivity index (χ1n) is 9.53. The predicted molar refractivity (Wildman–Crippen MR) is 119 cm³/mol. The zero-order valence-electron chi connectivity index (χ0n) is 17.6. The Kier molecular flexibility index (Phi) is 9.47. The van der Waals surface area contributed by atoms with Crippen molar-refractivity contribution in [3.8, 4) is 11.5 Å². The van der Waals surface area contributed by atoms with Crippen molar-refractivity contribution in [2.75, 3.05) is 33.2 Å². The van der Waals surface area contributed by atoms with Gasteiger partial charge < -0.3 is 9.64 Å². The number of amides is 2. The summed E-state index contributed by atoms with van der Waals surface area (Å²) in [6.45, 7) is 3.29. The zero-order valence-corrected chi connectivity index (χ0v) is 19.2. The number of sulfonamides is 1. The van der Waals surface area contributed by atoms with Gasteiger partial charge >= 0.3 is 0 Å². The van der Waals surface area contributed by atoms with Crippen LogP contribution in [-0.2, 0) is 19.6 Å². The van der Waals surface area contributed by atoms with E-state index in [1.807, 2.05) is 5.32 Å². The maximum Gasteiger partial charge on any atom is 0.243 e. The molecule has 0 fully saturated rings. The number of likely N-dealkylation sites (N-methyl/N-ethyl adjacent to an activating group) is 1. The summed E-state index contributed by atoms with van der Waals surface area (Å²) in [5.41, 5.74) is 0. The van der Waals surface area contributed by atoms with E-state index >= 15 is 0 Å². The van der Waals surface area contributed by atoms with Gasteiger partial charge in [-0.15, -0.1) is 6.58 Å². The Morgan fingerprint density at radius 2 is 1.79 bits per heavy atom. The van der Waals surface area contributed by atoms with E-state index in [2.05, 4.69) is 6.58 Å². The van der Waals surface area contributed by atoms with Crippen molar-refractivity contribution in [2.45, 2.75) is 4.90 Å². The van der Waals surface area contributed by atoms with Crippen LogP contribution in [0.15, 0.2) is 53.9 Å². The molecule has 0 heterocycles. The molecule has 2 aromatic rings. The minimum absolute atomic E-state index is 0.0882. The van der Waals surface area contributed by atoms with Gasteiger partial charge in [-0.3, -0.25) is 14.9 Å². The average molecular weight is 502 g/mol. The number of ether oxygens (including phenoxy) is 1. The minimum atomic E-state index is -4.51. The molecule has 12 heteroatoms. The number of carbonyl (C=O) groups is 2. The molecule has 0 atom stereocenters. The third-order valence-electron chi connectivity index (χ3n) is 4.35. The number of imide groups is 1. The number of nitrogens with zero attached hydrogens (tertiary/aromatic N) is 2. The van der Waals surface area contributed by atoms with Crippen LogP contribution in [0.4, 0.5) is 8.78 Å². The van der Waals surface area contributed by atoms with Gasteiger partial charge in [-0.05, 0) is 43.4 Å². The lowest BCUT2D eigenvalue weighted by Gasteiger charge is -2.24. The molecule has 178 valence electrons. The molecule has 8 nitrogen and oxygen atoms in total. The highest BCUT2D eigenvalue weighted by atomic mass is 35.5. The van der Waals surface area contributed by atoms with Crippen molar-refractivity contribution in [2.24, 2.45) is 0 Å². The van der Waals surface area contributed by atoms with Crippen LogP contribution in [0.2, 0.25) is 5.02 Å². The van der Waals surface area contributed by atoms with Crippen LogP contribution < -0.4 is 10.1 Å². The second-order valence-corrected chi connectivity index (χ2v) is 9.22. The van der Waals surface area contributed by atoms with Crippen molar-refractivity contribution in [1.29, 1.82) is 0 Å². The van der Waals surface area contributed by atoms with E-state index in [9.17, 15) is 26.8 Å². The largest absolute Gasteiger partial charge is 0.451 e. The van der Waals surface area contributed by atoms with Crippen LogP contribution in [-0.4, -0.2) is 63.2 Å². The SMILES string of the molecule is C=CCN(C)CCN(CC(=O)NC=O)S(=O)(=O)c1cc(F)c(Oc2ccc(Cl)cc2)c(F)c1. The lowest BCUT2D eigenvalue weighted by Crippen LogP contribution is -2.43. The molecule has 33 heavy (non-hydrogen) atoms. The highest BCUT2D eigenvalue weighted by Gasteiger charge is 2.29. The summed E-state index contributed by atoms with van der Waals surface area (Å²) in [6.07, 6.45) is 1.71. The van der Waals surface area contributed by atoms with Crippen molar-refractivity contribution in [3.05, 3.63) is 65.7 Å². The summed E-state index contributed by atoms with van der Waals surface area (Å²) < 4.78 is 61.4. The molecule has 0 saturated heterocycles. The van der Waals surface area contributed by atoms with Crippen LogP contribution in [0, 0.1) is 11.6 Å². The van der Waals surface area contributed by atoms with Crippen LogP contribution in [0.25, 0.3) is 0 Å². The van der Waals surface area contributed by atoms with Crippen LogP contribution in [0.1, 0.15) is 0 Å². The molecule has 0 unspecified atom stereocenters. The fourth-order valence-electron chi connectivity index (χ4n) is 2.70. The zero-order chi connectivity index (χ0) is 24.6. The molecule has 0 aliphatic rings. The average Bonchev–Trinajstić information content (AvgIpc) is 2.75. The standard InChI is InChI=1S/C21H22ClF2N3O5S/c1-3-8-26(2)9-10-27(13-20(29)25-14-28)33(30,31)17-11-18(23)21(19(24)12-17)32-16-6-4-15(22)5-7-16/h3-7,11-12,14H,1,8-10,13H2,2H3,(H,25,28,29). The molecular weight excluding hydrogens is 480 g/mol. The van der Waals surface area contributed by atoms with Gasteiger partial charge in [0, 0.05) is 24.7 Å².